The smallest absolute Gasteiger partial charge is 0.0766 e. The molecule has 0 amide bonds. The largest absolute Gasteiger partial charge is 0.329 e. The Morgan fingerprint density at radius 2 is 2.06 bits per heavy atom. The van der Waals surface area contributed by atoms with Gasteiger partial charge in [0.05, 0.1) is 11.4 Å². The van der Waals surface area contributed by atoms with Gasteiger partial charge >= 0.3 is 0 Å². The second-order valence-corrected chi connectivity index (χ2v) is 4.10. The fourth-order valence-electron chi connectivity index (χ4n) is 1.54. The molecule has 17 heavy (non-hydrogen) atoms. The summed E-state index contributed by atoms with van der Waals surface area (Å²) >= 11 is 0. The van der Waals surface area contributed by atoms with Crippen molar-refractivity contribution in [3.63, 3.8) is 0 Å². The summed E-state index contributed by atoms with van der Waals surface area (Å²) in [5.41, 5.74) is 7.64. The Morgan fingerprint density at radius 1 is 1.29 bits per heavy atom. The quantitative estimate of drug-likeness (QED) is 0.814. The molecular formula is C13H18N4. The maximum Gasteiger partial charge on any atom is 0.0766 e. The zero-order chi connectivity index (χ0) is 12.1. The lowest BCUT2D eigenvalue weighted by molar-refractivity contribution is 0.548. The van der Waals surface area contributed by atoms with Gasteiger partial charge in [-0.15, -0.1) is 0 Å². The van der Waals surface area contributed by atoms with E-state index in [1.165, 1.54) is 0 Å². The van der Waals surface area contributed by atoms with E-state index in [1.807, 2.05) is 47.3 Å². The Kier molecular flexibility index (Phi) is 3.90. The first-order valence-electron chi connectivity index (χ1n) is 5.83. The van der Waals surface area contributed by atoms with Gasteiger partial charge in [-0.3, -0.25) is 0 Å². The Morgan fingerprint density at radius 3 is 2.76 bits per heavy atom. The molecule has 4 heteroatoms. The summed E-state index contributed by atoms with van der Waals surface area (Å²) < 4.78 is 1.88. The van der Waals surface area contributed by atoms with Gasteiger partial charge in [0, 0.05) is 25.3 Å². The van der Waals surface area contributed by atoms with E-state index in [0.717, 1.165) is 17.9 Å². The fourth-order valence-corrected chi connectivity index (χ4v) is 1.54. The highest BCUT2D eigenvalue weighted by Gasteiger charge is 2.02. The summed E-state index contributed by atoms with van der Waals surface area (Å²) in [6.07, 6.45) is 1.97. The minimum atomic E-state index is 0.317. The summed E-state index contributed by atoms with van der Waals surface area (Å²) in [5, 5.41) is 7.81. The van der Waals surface area contributed by atoms with Crippen molar-refractivity contribution in [3.05, 3.63) is 48.3 Å². The van der Waals surface area contributed by atoms with Crippen LogP contribution < -0.4 is 11.1 Å². The summed E-state index contributed by atoms with van der Waals surface area (Å²) in [6, 6.07) is 12.4. The molecule has 0 unspecified atom stereocenters. The molecule has 1 aromatic heterocycles. The van der Waals surface area contributed by atoms with Gasteiger partial charge in [-0.1, -0.05) is 18.2 Å². The first-order valence-corrected chi connectivity index (χ1v) is 5.83. The van der Waals surface area contributed by atoms with Crippen molar-refractivity contribution in [1.82, 2.24) is 15.1 Å². The van der Waals surface area contributed by atoms with Crippen LogP contribution in [0.5, 0.6) is 0 Å². The van der Waals surface area contributed by atoms with E-state index in [0.29, 0.717) is 12.6 Å². The summed E-state index contributed by atoms with van der Waals surface area (Å²) in [5.74, 6) is 0. The molecule has 90 valence electrons. The second kappa shape index (κ2) is 5.61. The molecule has 0 aliphatic heterocycles. The summed E-state index contributed by atoms with van der Waals surface area (Å²) in [7, 11) is 0. The van der Waals surface area contributed by atoms with Crippen molar-refractivity contribution in [2.24, 2.45) is 5.73 Å². The van der Waals surface area contributed by atoms with Crippen molar-refractivity contribution in [2.45, 2.75) is 19.5 Å². The van der Waals surface area contributed by atoms with Crippen molar-refractivity contribution in [1.29, 1.82) is 0 Å². The Labute approximate surface area is 101 Å². The van der Waals surface area contributed by atoms with Crippen LogP contribution in [-0.4, -0.2) is 22.4 Å². The van der Waals surface area contributed by atoms with Gasteiger partial charge in [-0.2, -0.15) is 5.10 Å². The molecule has 0 fully saturated rings. The van der Waals surface area contributed by atoms with Gasteiger partial charge in [0.15, 0.2) is 0 Å². The standard InChI is InChI=1S/C13H18N4/c1-11(9-14)15-10-12-7-8-17(16-12)13-5-3-2-4-6-13/h2-8,11,15H,9-10,14H2,1H3/t11-/m1/s1. The average molecular weight is 230 g/mol. The van der Waals surface area contributed by atoms with Crippen molar-refractivity contribution < 1.29 is 0 Å². The highest BCUT2D eigenvalue weighted by atomic mass is 15.3. The number of nitrogens with one attached hydrogen (secondary N) is 1. The molecule has 2 aromatic rings. The zero-order valence-electron chi connectivity index (χ0n) is 10.0. The van der Waals surface area contributed by atoms with Crippen molar-refractivity contribution in [2.75, 3.05) is 6.54 Å². The minimum absolute atomic E-state index is 0.317. The van der Waals surface area contributed by atoms with E-state index in [9.17, 15) is 0 Å². The number of benzene rings is 1. The van der Waals surface area contributed by atoms with E-state index in [1.54, 1.807) is 0 Å². The number of rotatable bonds is 5. The number of hydrogen-bond acceptors (Lipinski definition) is 3. The van der Waals surface area contributed by atoms with Gasteiger partial charge in [-0.05, 0) is 25.1 Å². The Hall–Kier alpha value is -1.65. The van der Waals surface area contributed by atoms with Crippen LogP contribution in [0.1, 0.15) is 12.6 Å². The molecular weight excluding hydrogens is 212 g/mol. The predicted octanol–water partition coefficient (Wildman–Crippen LogP) is 1.31. The highest BCUT2D eigenvalue weighted by Crippen LogP contribution is 2.06. The maximum absolute atomic E-state index is 5.54. The van der Waals surface area contributed by atoms with Crippen LogP contribution in [0.25, 0.3) is 5.69 Å². The van der Waals surface area contributed by atoms with E-state index >= 15 is 0 Å². The van der Waals surface area contributed by atoms with Gasteiger partial charge in [0.1, 0.15) is 0 Å². The molecule has 0 saturated heterocycles. The molecule has 0 spiro atoms. The van der Waals surface area contributed by atoms with E-state index < -0.39 is 0 Å². The Balaban J connectivity index is 2.01. The lowest BCUT2D eigenvalue weighted by Crippen LogP contribution is -2.32. The lowest BCUT2D eigenvalue weighted by Gasteiger charge is -2.08. The molecule has 3 N–H and O–H groups in total. The molecule has 0 bridgehead atoms. The molecule has 0 saturated carbocycles. The topological polar surface area (TPSA) is 55.9 Å². The third kappa shape index (κ3) is 3.15. The monoisotopic (exact) mass is 230 g/mol. The number of aromatic nitrogens is 2. The predicted molar refractivity (Wildman–Crippen MR) is 68.9 cm³/mol. The van der Waals surface area contributed by atoms with Crippen LogP contribution in [0.3, 0.4) is 0 Å². The molecule has 0 aliphatic carbocycles. The van der Waals surface area contributed by atoms with Crippen LogP contribution >= 0.6 is 0 Å². The molecule has 4 nitrogen and oxygen atoms in total. The summed E-state index contributed by atoms with van der Waals surface area (Å²) in [6.45, 7) is 3.45. The molecule has 2 rings (SSSR count). The summed E-state index contributed by atoms with van der Waals surface area (Å²) in [4.78, 5) is 0. The van der Waals surface area contributed by atoms with Crippen LogP contribution in [0.2, 0.25) is 0 Å². The van der Waals surface area contributed by atoms with Gasteiger partial charge in [0.25, 0.3) is 0 Å². The van der Waals surface area contributed by atoms with E-state index in [4.69, 9.17) is 5.73 Å². The van der Waals surface area contributed by atoms with Gasteiger partial charge in [0.2, 0.25) is 0 Å². The van der Waals surface area contributed by atoms with Gasteiger partial charge < -0.3 is 11.1 Å². The minimum Gasteiger partial charge on any atom is -0.329 e. The van der Waals surface area contributed by atoms with Crippen LogP contribution in [0.4, 0.5) is 0 Å². The Bertz CT molecular complexity index is 449. The lowest BCUT2D eigenvalue weighted by atomic mass is 10.3. The molecule has 1 aromatic carbocycles. The first kappa shape index (κ1) is 11.8. The van der Waals surface area contributed by atoms with Crippen LogP contribution in [0.15, 0.2) is 42.6 Å². The molecule has 0 aliphatic rings. The van der Waals surface area contributed by atoms with Crippen molar-refractivity contribution in [3.8, 4) is 5.69 Å². The average Bonchev–Trinajstić information content (AvgIpc) is 2.86. The molecule has 1 heterocycles. The van der Waals surface area contributed by atoms with E-state index in [2.05, 4.69) is 17.3 Å². The maximum atomic E-state index is 5.54. The zero-order valence-corrected chi connectivity index (χ0v) is 10.0. The number of nitrogens with zero attached hydrogens (tertiary/aromatic N) is 2. The van der Waals surface area contributed by atoms with Crippen molar-refractivity contribution >= 4 is 0 Å². The third-order valence-electron chi connectivity index (χ3n) is 2.65. The number of hydrogen-bond donors (Lipinski definition) is 2. The van der Waals surface area contributed by atoms with Gasteiger partial charge in [-0.25, -0.2) is 4.68 Å². The second-order valence-electron chi connectivity index (χ2n) is 4.10. The number of para-hydroxylation sites is 1. The van der Waals surface area contributed by atoms with Crippen LogP contribution in [-0.2, 0) is 6.54 Å². The third-order valence-corrected chi connectivity index (χ3v) is 2.65. The van der Waals surface area contributed by atoms with E-state index in [-0.39, 0.29) is 0 Å². The fraction of sp³-hybridized carbons (Fsp3) is 0.308. The molecule has 1 atom stereocenters. The normalized spacial score (nSPS) is 12.6. The SMILES string of the molecule is C[C@H](CN)NCc1ccn(-c2ccccc2)n1. The molecule has 0 radical (unpaired) electrons. The number of nitrogens with two attached hydrogens (primary N) is 1. The van der Waals surface area contributed by atoms with Crippen LogP contribution in [0, 0.1) is 0 Å². The highest BCUT2D eigenvalue weighted by molar-refractivity contribution is 5.30. The first-order chi connectivity index (χ1) is 8.29.